The van der Waals surface area contributed by atoms with Crippen molar-refractivity contribution < 1.29 is 9.53 Å². The Labute approximate surface area is 79.1 Å². The minimum Gasteiger partial charge on any atom is -0.465 e. The molecule has 1 aliphatic rings. The number of hydrogen-bond donors (Lipinski definition) is 1. The highest BCUT2D eigenvalue weighted by Gasteiger charge is 2.25. The first kappa shape index (κ1) is 9.90. The fourth-order valence-electron chi connectivity index (χ4n) is 0.842. The van der Waals surface area contributed by atoms with E-state index >= 15 is 0 Å². The normalized spacial score (nSPS) is 19.3. The third kappa shape index (κ3) is 3.05. The fraction of sp³-hybridized carbons (Fsp3) is 0.889. The molecule has 0 aliphatic heterocycles. The molecule has 1 unspecified atom stereocenters. The van der Waals surface area contributed by atoms with Crippen LogP contribution in [0.1, 0.15) is 26.7 Å². The molecule has 0 aromatic rings. The highest BCUT2D eigenvalue weighted by molar-refractivity contribution is 7.81. The first-order valence-corrected chi connectivity index (χ1v) is 4.97. The number of carbonyl (C=O) groups is 1. The van der Waals surface area contributed by atoms with Crippen molar-refractivity contribution >= 4 is 18.6 Å². The van der Waals surface area contributed by atoms with Crippen molar-refractivity contribution in [2.45, 2.75) is 31.9 Å². The molecule has 1 aliphatic carbocycles. The fourth-order valence-corrected chi connectivity index (χ4v) is 0.917. The predicted octanol–water partition coefficient (Wildman–Crippen LogP) is 1.89. The largest absolute Gasteiger partial charge is 0.465 e. The highest BCUT2D eigenvalue weighted by Crippen LogP contribution is 2.29. The van der Waals surface area contributed by atoms with Gasteiger partial charge < -0.3 is 4.74 Å². The molecule has 0 N–H and O–H groups in total. The van der Waals surface area contributed by atoms with Gasteiger partial charge in [0.15, 0.2) is 0 Å². The third-order valence-corrected chi connectivity index (χ3v) is 2.84. The van der Waals surface area contributed by atoms with Gasteiger partial charge in [-0.25, -0.2) is 0 Å². The molecule has 0 amide bonds. The van der Waals surface area contributed by atoms with E-state index in [2.05, 4.69) is 12.6 Å². The summed E-state index contributed by atoms with van der Waals surface area (Å²) in [6, 6.07) is 0. The van der Waals surface area contributed by atoms with E-state index < -0.39 is 0 Å². The summed E-state index contributed by atoms with van der Waals surface area (Å²) in [6.45, 7) is 4.54. The quantitative estimate of drug-likeness (QED) is 0.538. The Kier molecular flexibility index (Phi) is 3.44. The number of esters is 1. The van der Waals surface area contributed by atoms with Crippen molar-refractivity contribution in [3.63, 3.8) is 0 Å². The number of rotatable bonds is 4. The predicted molar refractivity (Wildman–Crippen MR) is 51.3 cm³/mol. The Morgan fingerprint density at radius 2 is 2.17 bits per heavy atom. The van der Waals surface area contributed by atoms with Crippen LogP contribution in [0.15, 0.2) is 0 Å². The van der Waals surface area contributed by atoms with Gasteiger partial charge >= 0.3 is 5.97 Å². The lowest BCUT2D eigenvalue weighted by Crippen LogP contribution is -2.23. The maximum absolute atomic E-state index is 11.2. The molecule has 1 fully saturated rings. The Morgan fingerprint density at radius 1 is 1.58 bits per heavy atom. The van der Waals surface area contributed by atoms with Crippen LogP contribution in [0.2, 0.25) is 0 Å². The molecule has 1 saturated carbocycles. The van der Waals surface area contributed by atoms with E-state index in [1.807, 2.05) is 13.8 Å². The minimum absolute atomic E-state index is 0.166. The summed E-state index contributed by atoms with van der Waals surface area (Å²) in [5.74, 6) is 0.724. The molecular formula is C9H16O2S. The molecule has 3 heteroatoms. The average molecular weight is 188 g/mol. The smallest absolute Gasteiger partial charge is 0.319 e. The molecule has 0 spiro atoms. The number of carbonyl (C=O) groups excluding carboxylic acids is 1. The maximum Gasteiger partial charge on any atom is 0.319 e. The van der Waals surface area contributed by atoms with Crippen LogP contribution in [0.4, 0.5) is 0 Å². The third-order valence-electron chi connectivity index (χ3n) is 2.03. The summed E-state index contributed by atoms with van der Waals surface area (Å²) in [5.41, 5.74) is 0. The summed E-state index contributed by atoms with van der Waals surface area (Å²) >= 11 is 4.17. The SMILES string of the molecule is CC(C)C(S)C(=O)OCC1CC1. The molecule has 0 aromatic heterocycles. The van der Waals surface area contributed by atoms with Crippen molar-refractivity contribution in [3.05, 3.63) is 0 Å². The van der Waals surface area contributed by atoms with E-state index in [1.54, 1.807) is 0 Å². The Morgan fingerprint density at radius 3 is 2.58 bits per heavy atom. The minimum atomic E-state index is -0.260. The van der Waals surface area contributed by atoms with E-state index in [-0.39, 0.29) is 17.1 Å². The molecule has 70 valence electrons. The van der Waals surface area contributed by atoms with E-state index in [9.17, 15) is 4.79 Å². The van der Waals surface area contributed by atoms with Crippen LogP contribution in [0, 0.1) is 11.8 Å². The molecule has 12 heavy (non-hydrogen) atoms. The van der Waals surface area contributed by atoms with Crippen LogP contribution in [0.25, 0.3) is 0 Å². The lowest BCUT2D eigenvalue weighted by atomic mass is 10.1. The molecule has 0 bridgehead atoms. The number of thiol groups is 1. The van der Waals surface area contributed by atoms with Gasteiger partial charge in [-0.05, 0) is 24.7 Å². The first-order chi connectivity index (χ1) is 5.61. The second-order valence-electron chi connectivity index (χ2n) is 3.76. The van der Waals surface area contributed by atoms with Crippen LogP contribution in [-0.2, 0) is 9.53 Å². The zero-order valence-electron chi connectivity index (χ0n) is 7.62. The molecule has 1 atom stereocenters. The van der Waals surface area contributed by atoms with Gasteiger partial charge in [0.05, 0.1) is 6.61 Å². The monoisotopic (exact) mass is 188 g/mol. The zero-order valence-corrected chi connectivity index (χ0v) is 8.51. The summed E-state index contributed by atoms with van der Waals surface area (Å²) in [6.07, 6.45) is 2.43. The van der Waals surface area contributed by atoms with E-state index in [1.165, 1.54) is 12.8 Å². The molecule has 0 aromatic carbocycles. The summed E-state index contributed by atoms with van der Waals surface area (Å²) in [7, 11) is 0. The zero-order chi connectivity index (χ0) is 9.14. The summed E-state index contributed by atoms with van der Waals surface area (Å²) < 4.78 is 5.07. The van der Waals surface area contributed by atoms with Gasteiger partial charge in [-0.1, -0.05) is 13.8 Å². The van der Waals surface area contributed by atoms with E-state index in [4.69, 9.17) is 4.74 Å². The number of ether oxygens (including phenoxy) is 1. The second-order valence-corrected chi connectivity index (χ2v) is 4.32. The molecule has 2 nitrogen and oxygen atoms in total. The average Bonchev–Trinajstić information content (AvgIpc) is 2.81. The van der Waals surface area contributed by atoms with Crippen molar-refractivity contribution in [1.29, 1.82) is 0 Å². The molecule has 0 saturated heterocycles. The molecule has 0 radical (unpaired) electrons. The van der Waals surface area contributed by atoms with Gasteiger partial charge in [-0.3, -0.25) is 4.79 Å². The van der Waals surface area contributed by atoms with Gasteiger partial charge in [0.1, 0.15) is 5.25 Å². The van der Waals surface area contributed by atoms with Crippen LogP contribution in [0.3, 0.4) is 0 Å². The summed E-state index contributed by atoms with van der Waals surface area (Å²) in [5, 5.41) is -0.260. The lowest BCUT2D eigenvalue weighted by Gasteiger charge is -2.13. The standard InChI is InChI=1S/C9H16O2S/c1-6(2)8(12)9(10)11-5-7-3-4-7/h6-8,12H,3-5H2,1-2H3. The Hall–Kier alpha value is -0.180. The van der Waals surface area contributed by atoms with Crippen molar-refractivity contribution in [2.75, 3.05) is 6.61 Å². The Balaban J connectivity index is 2.16. The topological polar surface area (TPSA) is 26.3 Å². The van der Waals surface area contributed by atoms with Gasteiger partial charge in [0.2, 0.25) is 0 Å². The van der Waals surface area contributed by atoms with Crippen LogP contribution >= 0.6 is 12.6 Å². The van der Waals surface area contributed by atoms with Crippen molar-refractivity contribution in [3.8, 4) is 0 Å². The van der Waals surface area contributed by atoms with E-state index in [0.717, 1.165) is 0 Å². The van der Waals surface area contributed by atoms with E-state index in [0.29, 0.717) is 12.5 Å². The highest BCUT2D eigenvalue weighted by atomic mass is 32.1. The van der Waals surface area contributed by atoms with Gasteiger partial charge in [0, 0.05) is 0 Å². The molecule has 0 heterocycles. The van der Waals surface area contributed by atoms with Gasteiger partial charge in [0.25, 0.3) is 0 Å². The first-order valence-electron chi connectivity index (χ1n) is 4.46. The Bertz CT molecular complexity index is 164. The van der Waals surface area contributed by atoms with Crippen molar-refractivity contribution in [2.24, 2.45) is 11.8 Å². The number of hydrogen-bond acceptors (Lipinski definition) is 3. The summed E-state index contributed by atoms with van der Waals surface area (Å²) in [4.78, 5) is 11.2. The molecular weight excluding hydrogens is 172 g/mol. The lowest BCUT2D eigenvalue weighted by molar-refractivity contribution is -0.144. The van der Waals surface area contributed by atoms with Gasteiger partial charge in [-0.2, -0.15) is 12.6 Å². The maximum atomic E-state index is 11.2. The van der Waals surface area contributed by atoms with Crippen molar-refractivity contribution in [1.82, 2.24) is 0 Å². The molecule has 1 rings (SSSR count). The second kappa shape index (κ2) is 4.17. The van der Waals surface area contributed by atoms with Crippen LogP contribution < -0.4 is 0 Å². The van der Waals surface area contributed by atoms with Gasteiger partial charge in [-0.15, -0.1) is 0 Å². The van der Waals surface area contributed by atoms with Crippen LogP contribution in [-0.4, -0.2) is 17.8 Å². The van der Waals surface area contributed by atoms with Crippen LogP contribution in [0.5, 0.6) is 0 Å².